The molecule has 4 nitrogen and oxygen atoms in total. The number of fused-ring (bicyclic) bond motifs is 9. The van der Waals surface area contributed by atoms with Gasteiger partial charge in [-0.05, 0) is 88.0 Å². The van der Waals surface area contributed by atoms with Gasteiger partial charge < -0.3 is 4.74 Å². The molecule has 1 aliphatic heterocycles. The van der Waals surface area contributed by atoms with E-state index in [4.69, 9.17) is 19.7 Å². The second-order valence-corrected chi connectivity index (χ2v) is 14.4. The second kappa shape index (κ2) is 12.9. The van der Waals surface area contributed by atoms with Crippen molar-refractivity contribution in [3.63, 3.8) is 0 Å². The highest BCUT2D eigenvalue weighted by atomic mass is 16.5. The number of pyridine rings is 1. The Bertz CT molecular complexity index is 2880. The first-order valence-electron chi connectivity index (χ1n) is 18.9. The van der Waals surface area contributed by atoms with Gasteiger partial charge in [-0.1, -0.05) is 140 Å². The maximum absolute atomic E-state index is 6.86. The van der Waals surface area contributed by atoms with Crippen molar-refractivity contribution in [2.24, 2.45) is 0 Å². The second-order valence-electron chi connectivity index (χ2n) is 14.4. The Morgan fingerprint density at radius 1 is 0.339 bits per heavy atom. The molecule has 0 amide bonds. The summed E-state index contributed by atoms with van der Waals surface area (Å²) in [7, 11) is 0. The van der Waals surface area contributed by atoms with Crippen LogP contribution in [0.15, 0.2) is 200 Å². The third kappa shape index (κ3) is 5.04. The molecule has 0 fully saturated rings. The van der Waals surface area contributed by atoms with Gasteiger partial charge in [-0.15, -0.1) is 0 Å². The monoisotopic (exact) mass is 715 g/mol. The third-order valence-corrected chi connectivity index (χ3v) is 11.2. The fourth-order valence-corrected chi connectivity index (χ4v) is 8.68. The van der Waals surface area contributed by atoms with Crippen molar-refractivity contribution in [1.82, 2.24) is 15.0 Å². The van der Waals surface area contributed by atoms with Gasteiger partial charge in [0.2, 0.25) is 0 Å². The van der Waals surface area contributed by atoms with Crippen LogP contribution >= 0.6 is 0 Å². The normalized spacial score (nSPS) is 12.9. The average Bonchev–Trinajstić information content (AvgIpc) is 3.58. The highest BCUT2D eigenvalue weighted by Crippen LogP contribution is 2.62. The first kappa shape index (κ1) is 32.0. The van der Waals surface area contributed by atoms with Gasteiger partial charge >= 0.3 is 0 Å². The van der Waals surface area contributed by atoms with Crippen molar-refractivity contribution in [1.29, 1.82) is 0 Å². The van der Waals surface area contributed by atoms with Crippen LogP contribution in [0.4, 0.5) is 0 Å². The Hall–Kier alpha value is -7.43. The van der Waals surface area contributed by atoms with Crippen molar-refractivity contribution in [3.8, 4) is 78.9 Å². The fraction of sp³-hybridized carbons (Fsp3) is 0.0192. The topological polar surface area (TPSA) is 47.9 Å². The van der Waals surface area contributed by atoms with E-state index in [-0.39, 0.29) is 0 Å². The summed E-state index contributed by atoms with van der Waals surface area (Å²) in [6.45, 7) is 0. The molecule has 0 unspecified atom stereocenters. The summed E-state index contributed by atoms with van der Waals surface area (Å²) in [4.78, 5) is 15.1. The summed E-state index contributed by atoms with van der Waals surface area (Å²) in [6.07, 6.45) is 1.85. The average molecular weight is 716 g/mol. The van der Waals surface area contributed by atoms with Crippen molar-refractivity contribution < 1.29 is 4.74 Å². The zero-order valence-electron chi connectivity index (χ0n) is 30.3. The largest absolute Gasteiger partial charge is 0.457 e. The standard InChI is InChI=1S/C52H33N3O/c1-3-13-34(14-4-1)35-22-24-36(25-23-35)47-33-48(55-51(54-47)37-15-5-2-6-16-37)39-27-29-50-45(32-39)52(42-19-9-7-17-40(42)41-18-8-10-20-43(41)52)44-31-38(26-28-49(44)56-50)46-21-11-12-30-53-46/h1-33H. The Morgan fingerprint density at radius 3 is 1.43 bits per heavy atom. The predicted octanol–water partition coefficient (Wildman–Crippen LogP) is 12.7. The zero-order valence-corrected chi connectivity index (χ0v) is 30.3. The molecule has 262 valence electrons. The summed E-state index contributed by atoms with van der Waals surface area (Å²) in [5.41, 5.74) is 15.4. The van der Waals surface area contributed by atoms with Crippen LogP contribution in [-0.2, 0) is 5.41 Å². The van der Waals surface area contributed by atoms with E-state index in [9.17, 15) is 0 Å². The lowest BCUT2D eigenvalue weighted by Gasteiger charge is -2.40. The molecule has 4 heteroatoms. The van der Waals surface area contributed by atoms with Crippen molar-refractivity contribution in [3.05, 3.63) is 223 Å². The lowest BCUT2D eigenvalue weighted by molar-refractivity contribution is 0.436. The number of ether oxygens (including phenoxy) is 1. The Morgan fingerprint density at radius 2 is 0.821 bits per heavy atom. The smallest absolute Gasteiger partial charge is 0.160 e. The Balaban J connectivity index is 1.13. The van der Waals surface area contributed by atoms with Gasteiger partial charge in [0.15, 0.2) is 5.82 Å². The lowest BCUT2D eigenvalue weighted by Crippen LogP contribution is -2.32. The SMILES string of the molecule is c1ccc(-c2ccc(-c3cc(-c4ccc5c(c4)C4(c6cc(-c7ccccn7)ccc6O5)c5ccccc5-c5ccccc54)nc(-c4ccccc4)n3)cc2)cc1. The van der Waals surface area contributed by atoms with Gasteiger partial charge in [0.05, 0.1) is 22.5 Å². The van der Waals surface area contributed by atoms with E-state index in [0.29, 0.717) is 5.82 Å². The Labute approximate surface area is 325 Å². The highest BCUT2D eigenvalue weighted by molar-refractivity contribution is 5.90. The van der Waals surface area contributed by atoms with Crippen molar-refractivity contribution >= 4 is 0 Å². The van der Waals surface area contributed by atoms with Gasteiger partial charge in [-0.25, -0.2) is 9.97 Å². The summed E-state index contributed by atoms with van der Waals surface area (Å²) in [6, 6.07) is 68.2. The summed E-state index contributed by atoms with van der Waals surface area (Å²) in [5.74, 6) is 2.34. The third-order valence-electron chi connectivity index (χ3n) is 11.2. The number of aromatic nitrogens is 3. The fourth-order valence-electron chi connectivity index (χ4n) is 8.68. The number of hydrogen-bond donors (Lipinski definition) is 0. The first-order chi connectivity index (χ1) is 27.7. The highest BCUT2D eigenvalue weighted by Gasteiger charge is 2.51. The molecule has 0 N–H and O–H groups in total. The molecule has 11 rings (SSSR count). The summed E-state index contributed by atoms with van der Waals surface area (Å²) >= 11 is 0. The van der Waals surface area contributed by atoms with E-state index < -0.39 is 5.41 Å². The molecule has 0 saturated carbocycles. The molecule has 0 atom stereocenters. The quantitative estimate of drug-likeness (QED) is 0.178. The van der Waals surface area contributed by atoms with Crippen molar-refractivity contribution in [2.75, 3.05) is 0 Å². The number of benzene rings is 7. The van der Waals surface area contributed by atoms with Gasteiger partial charge in [0.25, 0.3) is 0 Å². The van der Waals surface area contributed by atoms with Crippen LogP contribution in [0.1, 0.15) is 22.3 Å². The van der Waals surface area contributed by atoms with Crippen LogP contribution in [0.3, 0.4) is 0 Å². The lowest BCUT2D eigenvalue weighted by atomic mass is 9.65. The van der Waals surface area contributed by atoms with Crippen LogP contribution < -0.4 is 4.74 Å². The molecule has 9 aromatic rings. The van der Waals surface area contributed by atoms with E-state index in [1.165, 1.54) is 27.8 Å². The maximum atomic E-state index is 6.86. The van der Waals surface area contributed by atoms with Crippen LogP contribution in [0.5, 0.6) is 11.5 Å². The van der Waals surface area contributed by atoms with E-state index in [2.05, 4.69) is 158 Å². The van der Waals surface area contributed by atoms with Crippen LogP contribution in [0.2, 0.25) is 0 Å². The van der Waals surface area contributed by atoms with Crippen LogP contribution in [-0.4, -0.2) is 15.0 Å². The first-order valence-corrected chi connectivity index (χ1v) is 18.9. The molecule has 0 saturated heterocycles. The number of hydrogen-bond acceptors (Lipinski definition) is 4. The number of rotatable bonds is 5. The minimum absolute atomic E-state index is 0.651. The predicted molar refractivity (Wildman–Crippen MR) is 224 cm³/mol. The minimum Gasteiger partial charge on any atom is -0.457 e. The molecular formula is C52H33N3O. The molecule has 2 aliphatic rings. The van der Waals surface area contributed by atoms with Gasteiger partial charge in [-0.2, -0.15) is 0 Å². The molecule has 1 spiro atoms. The van der Waals surface area contributed by atoms with E-state index in [1.54, 1.807) is 0 Å². The van der Waals surface area contributed by atoms with Crippen LogP contribution in [0.25, 0.3) is 67.4 Å². The minimum atomic E-state index is -0.651. The molecule has 1 aliphatic carbocycles. The molecular weight excluding hydrogens is 683 g/mol. The molecule has 56 heavy (non-hydrogen) atoms. The summed E-state index contributed by atoms with van der Waals surface area (Å²) < 4.78 is 6.86. The molecule has 7 aromatic carbocycles. The Kier molecular flexibility index (Phi) is 7.36. The van der Waals surface area contributed by atoms with E-state index >= 15 is 0 Å². The van der Waals surface area contributed by atoms with Crippen LogP contribution in [0, 0.1) is 0 Å². The molecule has 0 radical (unpaired) electrons. The summed E-state index contributed by atoms with van der Waals surface area (Å²) in [5, 5.41) is 0. The van der Waals surface area contributed by atoms with Gasteiger partial charge in [-0.3, -0.25) is 4.98 Å². The van der Waals surface area contributed by atoms with E-state index in [1.807, 2.05) is 42.6 Å². The molecule has 3 heterocycles. The van der Waals surface area contributed by atoms with Gasteiger partial charge in [0.1, 0.15) is 11.5 Å². The van der Waals surface area contributed by atoms with Gasteiger partial charge in [0, 0.05) is 39.6 Å². The van der Waals surface area contributed by atoms with E-state index in [0.717, 1.165) is 67.5 Å². The van der Waals surface area contributed by atoms with Crippen molar-refractivity contribution in [2.45, 2.75) is 5.41 Å². The maximum Gasteiger partial charge on any atom is 0.160 e. The molecule has 0 bridgehead atoms. The zero-order chi connectivity index (χ0) is 37.1. The number of nitrogens with zero attached hydrogens (tertiary/aromatic N) is 3. The molecule has 2 aromatic heterocycles.